The lowest BCUT2D eigenvalue weighted by Crippen LogP contribution is -2.33. The van der Waals surface area contributed by atoms with E-state index in [2.05, 4.69) is 11.9 Å². The van der Waals surface area contributed by atoms with Gasteiger partial charge in [-0.25, -0.2) is 8.42 Å². The third kappa shape index (κ3) is 3.65. The Morgan fingerprint density at radius 3 is 2.23 bits per heavy atom. The Labute approximate surface area is 156 Å². The number of piperidine rings is 1. The first-order valence-corrected chi connectivity index (χ1v) is 10.7. The highest BCUT2D eigenvalue weighted by molar-refractivity contribution is 7.91. The molecule has 0 saturated carbocycles. The van der Waals surface area contributed by atoms with Gasteiger partial charge < -0.3 is 9.32 Å². The fourth-order valence-corrected chi connectivity index (χ4v) is 4.36. The Hall–Kier alpha value is -1.82. The zero-order valence-electron chi connectivity index (χ0n) is 16.2. The second kappa shape index (κ2) is 6.72. The molecule has 5 nitrogen and oxygen atoms in total. The average molecular weight is 377 g/mol. The minimum Gasteiger partial charge on any atom is -0.423 e. The van der Waals surface area contributed by atoms with Crippen molar-refractivity contribution < 1.29 is 12.8 Å². The van der Waals surface area contributed by atoms with Gasteiger partial charge >= 0.3 is 0 Å². The van der Waals surface area contributed by atoms with E-state index in [0.29, 0.717) is 17.7 Å². The molecule has 0 N–H and O–H groups in total. The quantitative estimate of drug-likeness (QED) is 0.797. The number of hydrogen-bond acceptors (Lipinski definition) is 5. The number of nitrogens with zero attached hydrogens (tertiary/aromatic N) is 2. The maximum atomic E-state index is 13.3. The minimum atomic E-state index is -3.74. The van der Waals surface area contributed by atoms with Gasteiger partial charge in [0.05, 0.1) is 4.90 Å². The first-order chi connectivity index (χ1) is 12.1. The summed E-state index contributed by atoms with van der Waals surface area (Å²) >= 11 is 0. The Morgan fingerprint density at radius 2 is 1.69 bits per heavy atom. The van der Waals surface area contributed by atoms with Crippen LogP contribution in [0.2, 0.25) is 0 Å². The maximum Gasteiger partial charge on any atom is 0.236 e. The van der Waals surface area contributed by atoms with E-state index < -0.39 is 9.84 Å². The van der Waals surface area contributed by atoms with E-state index in [1.54, 1.807) is 24.3 Å². The molecule has 26 heavy (non-hydrogen) atoms. The van der Waals surface area contributed by atoms with E-state index in [1.165, 1.54) is 0 Å². The predicted molar refractivity (Wildman–Crippen MR) is 102 cm³/mol. The summed E-state index contributed by atoms with van der Waals surface area (Å²) in [5, 5.41) is 0.0424. The topological polar surface area (TPSA) is 63.4 Å². The van der Waals surface area contributed by atoms with Crippen LogP contribution in [0.1, 0.15) is 52.0 Å². The molecule has 1 aliphatic rings. The second-order valence-corrected chi connectivity index (χ2v) is 10.2. The lowest BCUT2D eigenvalue weighted by atomic mass is 9.97. The molecule has 0 unspecified atom stereocenters. The molecule has 2 aromatic rings. The van der Waals surface area contributed by atoms with Gasteiger partial charge in [-0.15, -0.1) is 0 Å². The summed E-state index contributed by atoms with van der Waals surface area (Å²) < 4.78 is 32.5. The third-order valence-corrected chi connectivity index (χ3v) is 6.55. The summed E-state index contributed by atoms with van der Waals surface area (Å²) in [6.45, 7) is 11.7. The third-order valence-electron chi connectivity index (χ3n) is 4.88. The van der Waals surface area contributed by atoms with Gasteiger partial charge in [0.1, 0.15) is 0 Å². The lowest BCUT2D eigenvalue weighted by Gasteiger charge is -2.30. The molecule has 3 rings (SSSR count). The Bertz CT molecular complexity index is 869. The highest BCUT2D eigenvalue weighted by Gasteiger charge is 2.34. The van der Waals surface area contributed by atoms with Crippen molar-refractivity contribution in [2.24, 2.45) is 5.92 Å². The Morgan fingerprint density at radius 1 is 1.12 bits per heavy atom. The van der Waals surface area contributed by atoms with Crippen LogP contribution in [0.4, 0.5) is 5.88 Å². The standard InChI is InChI=1S/C20H28N2O3S/c1-14-6-8-16(9-7-14)26(23,24)17-18(22-12-10-15(2)11-13-22)25-19(21-17)20(3,4)5/h6-9,15H,10-13H2,1-5H3. The van der Waals surface area contributed by atoms with Crippen molar-refractivity contribution in [3.05, 3.63) is 35.7 Å². The Kier molecular flexibility index (Phi) is 4.90. The van der Waals surface area contributed by atoms with Gasteiger partial charge in [0, 0.05) is 18.5 Å². The van der Waals surface area contributed by atoms with Crippen LogP contribution in [-0.2, 0) is 15.3 Å². The normalized spacial score (nSPS) is 16.9. The smallest absolute Gasteiger partial charge is 0.236 e. The van der Waals surface area contributed by atoms with Crippen LogP contribution < -0.4 is 4.90 Å². The molecule has 0 spiro atoms. The lowest BCUT2D eigenvalue weighted by molar-refractivity contribution is 0.372. The summed E-state index contributed by atoms with van der Waals surface area (Å²) in [4.78, 5) is 6.73. The van der Waals surface area contributed by atoms with Crippen LogP contribution >= 0.6 is 0 Å². The number of hydrogen-bond donors (Lipinski definition) is 0. The van der Waals surface area contributed by atoms with E-state index in [-0.39, 0.29) is 15.3 Å². The van der Waals surface area contributed by atoms with Crippen molar-refractivity contribution in [3.63, 3.8) is 0 Å². The molecule has 6 heteroatoms. The van der Waals surface area contributed by atoms with Crippen molar-refractivity contribution in [3.8, 4) is 0 Å². The molecule has 0 bridgehead atoms. The highest BCUT2D eigenvalue weighted by Crippen LogP contribution is 2.36. The van der Waals surface area contributed by atoms with Gasteiger partial charge in [-0.05, 0) is 37.8 Å². The van der Waals surface area contributed by atoms with Crippen LogP contribution in [0.15, 0.2) is 38.6 Å². The summed E-state index contributed by atoms with van der Waals surface area (Å²) in [5.41, 5.74) is 0.656. The van der Waals surface area contributed by atoms with Crippen molar-refractivity contribution in [2.75, 3.05) is 18.0 Å². The maximum absolute atomic E-state index is 13.3. The number of aryl methyl sites for hydroxylation is 1. The Balaban J connectivity index is 2.10. The molecular formula is C20H28N2O3S. The predicted octanol–water partition coefficient (Wildman–Crippen LogP) is 4.35. The van der Waals surface area contributed by atoms with Crippen LogP contribution in [-0.4, -0.2) is 26.5 Å². The zero-order valence-corrected chi connectivity index (χ0v) is 17.1. The van der Waals surface area contributed by atoms with Gasteiger partial charge in [-0.2, -0.15) is 4.98 Å². The zero-order chi connectivity index (χ0) is 19.1. The van der Waals surface area contributed by atoms with Crippen LogP contribution in [0.25, 0.3) is 0 Å². The van der Waals surface area contributed by atoms with E-state index in [1.807, 2.05) is 32.6 Å². The van der Waals surface area contributed by atoms with E-state index in [4.69, 9.17) is 4.42 Å². The summed E-state index contributed by atoms with van der Waals surface area (Å²) in [7, 11) is -3.74. The minimum absolute atomic E-state index is 0.0424. The fraction of sp³-hybridized carbons (Fsp3) is 0.550. The molecule has 0 atom stereocenters. The molecule has 0 radical (unpaired) electrons. The number of oxazole rings is 1. The first-order valence-electron chi connectivity index (χ1n) is 9.17. The van der Waals surface area contributed by atoms with Gasteiger partial charge in [-0.1, -0.05) is 45.4 Å². The number of sulfone groups is 1. The molecule has 0 aliphatic carbocycles. The van der Waals surface area contributed by atoms with Crippen molar-refractivity contribution in [2.45, 2.75) is 62.8 Å². The molecule has 1 aliphatic heterocycles. The number of anilines is 1. The van der Waals surface area contributed by atoms with Crippen LogP contribution in [0, 0.1) is 12.8 Å². The van der Waals surface area contributed by atoms with Gasteiger partial charge in [0.2, 0.25) is 26.6 Å². The summed E-state index contributed by atoms with van der Waals surface area (Å²) in [5.74, 6) is 1.49. The van der Waals surface area contributed by atoms with Gasteiger partial charge in [0.25, 0.3) is 0 Å². The van der Waals surface area contributed by atoms with E-state index in [9.17, 15) is 8.42 Å². The fourth-order valence-electron chi connectivity index (χ4n) is 3.03. The molecular weight excluding hydrogens is 348 g/mol. The molecule has 1 aromatic carbocycles. The number of aromatic nitrogens is 1. The molecule has 0 amide bonds. The molecule has 1 saturated heterocycles. The molecule has 1 aromatic heterocycles. The highest BCUT2D eigenvalue weighted by atomic mass is 32.2. The number of benzene rings is 1. The molecule has 2 heterocycles. The van der Waals surface area contributed by atoms with Crippen molar-refractivity contribution in [1.82, 2.24) is 4.98 Å². The van der Waals surface area contributed by atoms with Crippen LogP contribution in [0.3, 0.4) is 0 Å². The van der Waals surface area contributed by atoms with E-state index >= 15 is 0 Å². The van der Waals surface area contributed by atoms with Crippen molar-refractivity contribution >= 4 is 15.7 Å². The van der Waals surface area contributed by atoms with Gasteiger partial charge in [0.15, 0.2) is 0 Å². The monoisotopic (exact) mass is 376 g/mol. The average Bonchev–Trinajstić information content (AvgIpc) is 3.02. The summed E-state index contributed by atoms with van der Waals surface area (Å²) in [6.07, 6.45) is 2.05. The number of rotatable bonds is 3. The SMILES string of the molecule is Cc1ccc(S(=O)(=O)c2nc(C(C)(C)C)oc2N2CCC(C)CC2)cc1. The van der Waals surface area contributed by atoms with E-state index in [0.717, 1.165) is 31.5 Å². The molecule has 1 fully saturated rings. The second-order valence-electron chi connectivity index (χ2n) is 8.37. The molecule has 142 valence electrons. The van der Waals surface area contributed by atoms with Crippen LogP contribution in [0.5, 0.6) is 0 Å². The van der Waals surface area contributed by atoms with Crippen molar-refractivity contribution in [1.29, 1.82) is 0 Å². The summed E-state index contributed by atoms with van der Waals surface area (Å²) in [6, 6.07) is 6.89. The van der Waals surface area contributed by atoms with Gasteiger partial charge in [-0.3, -0.25) is 0 Å². The first kappa shape index (κ1) is 19.0. The largest absolute Gasteiger partial charge is 0.423 e.